The predicted octanol–water partition coefficient (Wildman–Crippen LogP) is 2.38. The van der Waals surface area contributed by atoms with Crippen molar-refractivity contribution in [2.45, 2.75) is 20.0 Å². The fraction of sp³-hybridized carbons (Fsp3) is 0.583. The summed E-state index contributed by atoms with van der Waals surface area (Å²) in [5, 5.41) is 11.2. The molecule has 20 heavy (non-hydrogen) atoms. The number of hydrogen-bond donors (Lipinski definition) is 0. The van der Waals surface area contributed by atoms with Gasteiger partial charge in [0.05, 0.1) is 28.7 Å². The van der Waals surface area contributed by atoms with Crippen LogP contribution in [0, 0.1) is 10.1 Å². The number of aromatic nitrogens is 1. The average molecular weight is 346 g/mol. The zero-order valence-electron chi connectivity index (χ0n) is 11.3. The van der Waals surface area contributed by atoms with Crippen molar-refractivity contribution in [2.24, 2.45) is 0 Å². The molecule has 7 nitrogen and oxygen atoms in total. The molecule has 1 saturated heterocycles. The molecule has 0 aromatic carbocycles. The van der Waals surface area contributed by atoms with Crippen LogP contribution in [-0.2, 0) is 4.74 Å². The molecule has 1 aliphatic heterocycles. The third-order valence-electron chi connectivity index (χ3n) is 2.76. The van der Waals surface area contributed by atoms with Gasteiger partial charge in [-0.3, -0.25) is 10.1 Å². The van der Waals surface area contributed by atoms with E-state index in [-0.39, 0.29) is 11.8 Å². The Balaban J connectivity index is 2.41. The highest BCUT2D eigenvalue weighted by atomic mass is 79.9. The maximum atomic E-state index is 11.2. The molecule has 0 aliphatic carbocycles. The number of halogens is 1. The first-order valence-corrected chi connectivity index (χ1v) is 7.12. The summed E-state index contributed by atoms with van der Waals surface area (Å²) >= 11 is 3.27. The van der Waals surface area contributed by atoms with Gasteiger partial charge in [-0.15, -0.1) is 0 Å². The second kappa shape index (κ2) is 6.36. The van der Waals surface area contributed by atoms with Gasteiger partial charge in [0.2, 0.25) is 11.7 Å². The average Bonchev–Trinajstić information content (AvgIpc) is 2.41. The van der Waals surface area contributed by atoms with E-state index < -0.39 is 4.92 Å². The number of morpholine rings is 1. The maximum Gasteiger partial charge on any atom is 0.312 e. The van der Waals surface area contributed by atoms with Gasteiger partial charge in [-0.05, 0) is 29.8 Å². The Bertz CT molecular complexity index is 504. The van der Waals surface area contributed by atoms with E-state index in [4.69, 9.17) is 9.47 Å². The summed E-state index contributed by atoms with van der Waals surface area (Å²) in [6.07, 6.45) is -0.0576. The summed E-state index contributed by atoms with van der Waals surface area (Å²) in [5.74, 6) is 0.698. The van der Waals surface area contributed by atoms with Gasteiger partial charge in [0.15, 0.2) is 0 Å². The van der Waals surface area contributed by atoms with E-state index in [1.165, 1.54) is 6.07 Å². The van der Waals surface area contributed by atoms with Crippen LogP contribution in [0.4, 0.5) is 11.5 Å². The molecular weight excluding hydrogens is 330 g/mol. The van der Waals surface area contributed by atoms with Crippen LogP contribution in [0.15, 0.2) is 10.5 Å². The van der Waals surface area contributed by atoms with Crippen molar-refractivity contribution < 1.29 is 14.4 Å². The number of rotatable bonds is 4. The molecule has 1 aliphatic rings. The molecule has 1 fully saturated rings. The summed E-state index contributed by atoms with van der Waals surface area (Å²) < 4.78 is 11.3. The second-order valence-electron chi connectivity index (χ2n) is 4.64. The van der Waals surface area contributed by atoms with E-state index in [9.17, 15) is 10.1 Å². The summed E-state index contributed by atoms with van der Waals surface area (Å²) in [7, 11) is 0. The SMILES string of the molecule is CC(C)Oc1nc(N2CCOCC2)c([N+](=O)[O-])cc1Br. The molecule has 0 spiro atoms. The Morgan fingerprint density at radius 1 is 1.50 bits per heavy atom. The number of nitro groups is 1. The first kappa shape index (κ1) is 15.0. The van der Waals surface area contributed by atoms with Crippen LogP contribution >= 0.6 is 15.9 Å². The number of ether oxygens (including phenoxy) is 2. The van der Waals surface area contributed by atoms with Crippen molar-refractivity contribution in [3.05, 3.63) is 20.7 Å². The van der Waals surface area contributed by atoms with Gasteiger partial charge in [-0.2, -0.15) is 4.98 Å². The Morgan fingerprint density at radius 2 is 2.15 bits per heavy atom. The van der Waals surface area contributed by atoms with Crippen molar-refractivity contribution in [1.82, 2.24) is 4.98 Å². The monoisotopic (exact) mass is 345 g/mol. The highest BCUT2D eigenvalue weighted by molar-refractivity contribution is 9.10. The molecule has 0 radical (unpaired) electrons. The molecule has 2 heterocycles. The molecule has 0 N–H and O–H groups in total. The van der Waals surface area contributed by atoms with Crippen molar-refractivity contribution in [3.8, 4) is 5.88 Å². The molecule has 1 aromatic rings. The number of pyridine rings is 1. The van der Waals surface area contributed by atoms with Crippen molar-refractivity contribution in [1.29, 1.82) is 0 Å². The minimum Gasteiger partial charge on any atom is -0.474 e. The first-order valence-electron chi connectivity index (χ1n) is 6.33. The van der Waals surface area contributed by atoms with Crippen LogP contribution < -0.4 is 9.64 Å². The van der Waals surface area contributed by atoms with Crippen LogP contribution in [0.2, 0.25) is 0 Å². The zero-order chi connectivity index (χ0) is 14.7. The van der Waals surface area contributed by atoms with Gasteiger partial charge < -0.3 is 14.4 Å². The molecule has 110 valence electrons. The molecule has 0 amide bonds. The van der Waals surface area contributed by atoms with E-state index in [0.29, 0.717) is 42.5 Å². The number of anilines is 1. The normalized spacial score (nSPS) is 15.5. The third-order valence-corrected chi connectivity index (χ3v) is 3.33. The lowest BCUT2D eigenvalue weighted by Crippen LogP contribution is -2.37. The van der Waals surface area contributed by atoms with Gasteiger partial charge in [0.25, 0.3) is 0 Å². The quantitative estimate of drug-likeness (QED) is 0.615. The Kier molecular flexibility index (Phi) is 4.77. The Morgan fingerprint density at radius 3 is 2.70 bits per heavy atom. The van der Waals surface area contributed by atoms with E-state index in [1.807, 2.05) is 18.7 Å². The zero-order valence-corrected chi connectivity index (χ0v) is 12.9. The molecule has 0 unspecified atom stereocenters. The maximum absolute atomic E-state index is 11.2. The molecule has 8 heteroatoms. The minimum absolute atomic E-state index is 0.0325. The van der Waals surface area contributed by atoms with E-state index in [2.05, 4.69) is 20.9 Å². The molecule has 0 bridgehead atoms. The minimum atomic E-state index is -0.429. The van der Waals surface area contributed by atoms with Gasteiger partial charge >= 0.3 is 5.69 Å². The van der Waals surface area contributed by atoms with Gasteiger partial charge in [-0.25, -0.2) is 0 Å². The Labute approximate surface area is 125 Å². The fourth-order valence-electron chi connectivity index (χ4n) is 1.90. The van der Waals surface area contributed by atoms with Crippen molar-refractivity contribution in [2.75, 3.05) is 31.2 Å². The number of nitrogens with zero attached hydrogens (tertiary/aromatic N) is 3. The van der Waals surface area contributed by atoms with Crippen LogP contribution in [0.5, 0.6) is 5.88 Å². The topological polar surface area (TPSA) is 77.7 Å². The highest BCUT2D eigenvalue weighted by Gasteiger charge is 2.26. The second-order valence-corrected chi connectivity index (χ2v) is 5.50. The summed E-state index contributed by atoms with van der Waals surface area (Å²) in [6.45, 7) is 5.99. The molecule has 2 rings (SSSR count). The standard InChI is InChI=1S/C12H16BrN3O4/c1-8(2)20-12-9(13)7-10(16(17)18)11(14-12)15-3-5-19-6-4-15/h7-8H,3-6H2,1-2H3. The van der Waals surface area contributed by atoms with Gasteiger partial charge in [0, 0.05) is 19.2 Å². The van der Waals surface area contributed by atoms with Crippen LogP contribution in [0.3, 0.4) is 0 Å². The Hall–Kier alpha value is -1.41. The lowest BCUT2D eigenvalue weighted by Gasteiger charge is -2.27. The van der Waals surface area contributed by atoms with Gasteiger partial charge in [0.1, 0.15) is 0 Å². The highest BCUT2D eigenvalue weighted by Crippen LogP contribution is 2.35. The summed E-state index contributed by atoms with van der Waals surface area (Å²) in [4.78, 5) is 16.9. The summed E-state index contributed by atoms with van der Waals surface area (Å²) in [6, 6.07) is 1.44. The smallest absolute Gasteiger partial charge is 0.312 e. The molecule has 0 atom stereocenters. The largest absolute Gasteiger partial charge is 0.474 e. The predicted molar refractivity (Wildman–Crippen MR) is 77.4 cm³/mol. The lowest BCUT2D eigenvalue weighted by molar-refractivity contribution is -0.384. The van der Waals surface area contributed by atoms with Crippen LogP contribution in [0.25, 0.3) is 0 Å². The van der Waals surface area contributed by atoms with Gasteiger partial charge in [-0.1, -0.05) is 0 Å². The first-order chi connectivity index (χ1) is 9.49. The van der Waals surface area contributed by atoms with Crippen LogP contribution in [0.1, 0.15) is 13.8 Å². The molecule has 0 saturated carbocycles. The molecular formula is C12H16BrN3O4. The van der Waals surface area contributed by atoms with Crippen molar-refractivity contribution >= 4 is 27.4 Å². The third kappa shape index (κ3) is 3.37. The number of hydrogen-bond acceptors (Lipinski definition) is 6. The summed E-state index contributed by atoms with van der Waals surface area (Å²) in [5.41, 5.74) is -0.0325. The van der Waals surface area contributed by atoms with Crippen LogP contribution in [-0.4, -0.2) is 42.3 Å². The molecule has 1 aromatic heterocycles. The lowest BCUT2D eigenvalue weighted by atomic mass is 10.3. The van der Waals surface area contributed by atoms with Crippen molar-refractivity contribution in [3.63, 3.8) is 0 Å². The van der Waals surface area contributed by atoms with E-state index in [1.54, 1.807) is 0 Å². The van der Waals surface area contributed by atoms with E-state index >= 15 is 0 Å². The van der Waals surface area contributed by atoms with E-state index in [0.717, 1.165) is 0 Å². The fourth-order valence-corrected chi connectivity index (χ4v) is 2.30.